The van der Waals surface area contributed by atoms with Gasteiger partial charge in [0.25, 0.3) is 10.0 Å². The van der Waals surface area contributed by atoms with Crippen LogP contribution in [0.2, 0.25) is 0 Å². The van der Waals surface area contributed by atoms with Gasteiger partial charge in [0, 0.05) is 11.8 Å². The van der Waals surface area contributed by atoms with Gasteiger partial charge in [-0.2, -0.15) is 0 Å². The number of ether oxygens (including phenoxy) is 2. The summed E-state index contributed by atoms with van der Waals surface area (Å²) in [5, 5.41) is 0. The van der Waals surface area contributed by atoms with Crippen LogP contribution in [0.25, 0.3) is 11.1 Å². The molecular weight excluding hydrogens is 362 g/mol. The Labute approximate surface area is 157 Å². The van der Waals surface area contributed by atoms with E-state index in [0.29, 0.717) is 30.4 Å². The first-order valence-corrected chi connectivity index (χ1v) is 10.2. The van der Waals surface area contributed by atoms with Crippen molar-refractivity contribution in [2.45, 2.75) is 11.3 Å². The Kier molecular flexibility index (Phi) is 3.62. The van der Waals surface area contributed by atoms with Gasteiger partial charge >= 0.3 is 0 Å². The fourth-order valence-corrected chi connectivity index (χ4v) is 4.68. The van der Waals surface area contributed by atoms with Gasteiger partial charge in [0.15, 0.2) is 11.5 Å². The lowest BCUT2D eigenvalue weighted by Gasteiger charge is -2.19. The molecule has 6 heteroatoms. The topological polar surface area (TPSA) is 64.6 Å². The zero-order valence-corrected chi connectivity index (χ0v) is 15.3. The lowest BCUT2D eigenvalue weighted by atomic mass is 10.1. The Morgan fingerprint density at radius 1 is 0.778 bits per heavy atom. The van der Waals surface area contributed by atoms with Crippen molar-refractivity contribution in [3.05, 3.63) is 71.8 Å². The smallest absolute Gasteiger partial charge is 0.262 e. The molecule has 0 saturated carbocycles. The molecule has 0 amide bonds. The number of anilines is 1. The summed E-state index contributed by atoms with van der Waals surface area (Å²) in [6, 6.07) is 18.6. The average Bonchev–Trinajstić information content (AvgIpc) is 3.05. The highest BCUT2D eigenvalue weighted by molar-refractivity contribution is 7.92. The predicted octanol–water partition coefficient (Wildman–Crippen LogP) is 3.83. The molecule has 136 valence electrons. The largest absolute Gasteiger partial charge is 0.486 e. The predicted molar refractivity (Wildman–Crippen MR) is 103 cm³/mol. The van der Waals surface area contributed by atoms with E-state index in [1.807, 2.05) is 24.3 Å². The van der Waals surface area contributed by atoms with Crippen LogP contribution in [-0.2, 0) is 16.4 Å². The van der Waals surface area contributed by atoms with Crippen molar-refractivity contribution in [3.8, 4) is 22.6 Å². The zero-order chi connectivity index (χ0) is 18.4. The van der Waals surface area contributed by atoms with Crippen molar-refractivity contribution >= 4 is 15.7 Å². The number of hydrogen-bond acceptors (Lipinski definition) is 4. The van der Waals surface area contributed by atoms with Crippen LogP contribution in [0.4, 0.5) is 5.69 Å². The molecule has 1 aliphatic carbocycles. The van der Waals surface area contributed by atoms with Crippen LogP contribution in [0.3, 0.4) is 0 Å². The summed E-state index contributed by atoms with van der Waals surface area (Å²) in [5.41, 5.74) is 5.32. The summed E-state index contributed by atoms with van der Waals surface area (Å²) < 4.78 is 39.2. The first kappa shape index (κ1) is 16.2. The molecule has 5 nitrogen and oxygen atoms in total. The highest BCUT2D eigenvalue weighted by Gasteiger charge is 2.22. The zero-order valence-electron chi connectivity index (χ0n) is 14.4. The summed E-state index contributed by atoms with van der Waals surface area (Å²) in [5.74, 6) is 1.02. The molecule has 0 aromatic heterocycles. The summed E-state index contributed by atoms with van der Waals surface area (Å²) in [7, 11) is -3.72. The Balaban J connectivity index is 1.44. The maximum atomic E-state index is 12.8. The van der Waals surface area contributed by atoms with Gasteiger partial charge in [0.05, 0.1) is 4.90 Å². The van der Waals surface area contributed by atoms with Crippen molar-refractivity contribution < 1.29 is 17.9 Å². The van der Waals surface area contributed by atoms with Crippen LogP contribution in [0.5, 0.6) is 11.5 Å². The third kappa shape index (κ3) is 2.82. The molecule has 1 heterocycles. The molecule has 0 fully saturated rings. The van der Waals surface area contributed by atoms with Crippen LogP contribution < -0.4 is 14.2 Å². The van der Waals surface area contributed by atoms with Crippen LogP contribution in [0, 0.1) is 0 Å². The van der Waals surface area contributed by atoms with Gasteiger partial charge in [0.2, 0.25) is 0 Å². The molecule has 0 bridgehead atoms. The Morgan fingerprint density at radius 3 is 2.44 bits per heavy atom. The van der Waals surface area contributed by atoms with Gasteiger partial charge in [-0.15, -0.1) is 0 Å². The van der Waals surface area contributed by atoms with Crippen molar-refractivity contribution in [2.75, 3.05) is 17.9 Å². The van der Waals surface area contributed by atoms with E-state index in [4.69, 9.17) is 9.47 Å². The molecule has 0 saturated heterocycles. The standard InChI is InChI=1S/C21H17NO4S/c23-27(24,17-6-8-20-21(13-17)26-10-9-25-20)22-16-5-7-19-15(12-16)11-14-3-1-2-4-18(14)19/h1-8,12-13,22H,9-11H2. The second-order valence-corrected chi connectivity index (χ2v) is 8.30. The summed E-state index contributed by atoms with van der Waals surface area (Å²) in [4.78, 5) is 0.149. The minimum Gasteiger partial charge on any atom is -0.486 e. The van der Waals surface area contributed by atoms with Crippen LogP contribution in [0.15, 0.2) is 65.6 Å². The fraction of sp³-hybridized carbons (Fsp3) is 0.143. The van der Waals surface area contributed by atoms with E-state index in [9.17, 15) is 8.42 Å². The van der Waals surface area contributed by atoms with Gasteiger partial charge < -0.3 is 9.47 Å². The first-order chi connectivity index (χ1) is 13.1. The van der Waals surface area contributed by atoms with E-state index in [1.54, 1.807) is 12.1 Å². The van der Waals surface area contributed by atoms with Crippen molar-refractivity contribution in [1.82, 2.24) is 0 Å². The second kappa shape index (κ2) is 6.03. The average molecular weight is 379 g/mol. The molecule has 2 aliphatic rings. The fourth-order valence-electron chi connectivity index (χ4n) is 3.61. The van der Waals surface area contributed by atoms with Crippen LogP contribution >= 0.6 is 0 Å². The lowest BCUT2D eigenvalue weighted by molar-refractivity contribution is 0.171. The van der Waals surface area contributed by atoms with Gasteiger partial charge in [-0.1, -0.05) is 30.3 Å². The van der Waals surface area contributed by atoms with Gasteiger partial charge in [-0.05, 0) is 52.9 Å². The third-order valence-electron chi connectivity index (χ3n) is 4.87. The summed E-state index contributed by atoms with van der Waals surface area (Å²) in [6.45, 7) is 0.879. The highest BCUT2D eigenvalue weighted by Crippen LogP contribution is 2.38. The summed E-state index contributed by atoms with van der Waals surface area (Å²) in [6.07, 6.45) is 0.811. The molecule has 0 unspecified atom stereocenters. The van der Waals surface area contributed by atoms with E-state index >= 15 is 0 Å². The van der Waals surface area contributed by atoms with E-state index in [0.717, 1.165) is 17.5 Å². The molecule has 27 heavy (non-hydrogen) atoms. The lowest BCUT2D eigenvalue weighted by Crippen LogP contribution is -2.17. The van der Waals surface area contributed by atoms with E-state index in [1.165, 1.54) is 23.3 Å². The molecule has 1 aliphatic heterocycles. The molecule has 0 spiro atoms. The number of hydrogen-bond donors (Lipinski definition) is 1. The van der Waals surface area contributed by atoms with Gasteiger partial charge in [-0.3, -0.25) is 4.72 Å². The van der Waals surface area contributed by atoms with E-state index < -0.39 is 10.0 Å². The van der Waals surface area contributed by atoms with Crippen molar-refractivity contribution in [2.24, 2.45) is 0 Å². The van der Waals surface area contributed by atoms with Crippen molar-refractivity contribution in [1.29, 1.82) is 0 Å². The third-order valence-corrected chi connectivity index (χ3v) is 6.25. The molecule has 3 aromatic carbocycles. The Hall–Kier alpha value is -2.99. The minimum atomic E-state index is -3.72. The maximum Gasteiger partial charge on any atom is 0.262 e. The van der Waals surface area contributed by atoms with Crippen molar-refractivity contribution in [3.63, 3.8) is 0 Å². The Bertz CT molecular complexity index is 1150. The normalized spacial score (nSPS) is 14.4. The maximum absolute atomic E-state index is 12.8. The first-order valence-electron chi connectivity index (χ1n) is 8.74. The number of rotatable bonds is 3. The summed E-state index contributed by atoms with van der Waals surface area (Å²) >= 11 is 0. The number of benzene rings is 3. The molecule has 1 N–H and O–H groups in total. The van der Waals surface area contributed by atoms with Crippen LogP contribution in [-0.4, -0.2) is 21.6 Å². The number of nitrogens with one attached hydrogen (secondary N) is 1. The molecular formula is C21H17NO4S. The second-order valence-electron chi connectivity index (χ2n) is 6.62. The SMILES string of the molecule is O=S(=O)(Nc1ccc2c(c1)Cc1ccccc1-2)c1ccc2c(c1)OCCO2. The van der Waals surface area contributed by atoms with E-state index in [-0.39, 0.29) is 4.90 Å². The molecule has 3 aromatic rings. The number of fused-ring (bicyclic) bond motifs is 4. The molecule has 5 rings (SSSR count). The quantitative estimate of drug-likeness (QED) is 0.588. The highest BCUT2D eigenvalue weighted by atomic mass is 32.2. The number of sulfonamides is 1. The van der Waals surface area contributed by atoms with Gasteiger partial charge in [-0.25, -0.2) is 8.42 Å². The Morgan fingerprint density at radius 2 is 1.56 bits per heavy atom. The molecule has 0 atom stereocenters. The van der Waals surface area contributed by atoms with Crippen LogP contribution in [0.1, 0.15) is 11.1 Å². The minimum absolute atomic E-state index is 0.149. The van der Waals surface area contributed by atoms with Gasteiger partial charge in [0.1, 0.15) is 13.2 Å². The monoisotopic (exact) mass is 379 g/mol. The van der Waals surface area contributed by atoms with E-state index in [2.05, 4.69) is 16.9 Å². The molecule has 0 radical (unpaired) electrons.